The van der Waals surface area contributed by atoms with E-state index in [9.17, 15) is 23.3 Å². The zero-order valence-corrected chi connectivity index (χ0v) is 15.5. The van der Waals surface area contributed by atoms with Crippen molar-refractivity contribution >= 4 is 44.6 Å². The van der Waals surface area contributed by atoms with Crippen LogP contribution in [0.15, 0.2) is 70.2 Å². The number of nitro groups is 1. The number of carbonyl (C=O) groups is 1. The van der Waals surface area contributed by atoms with Crippen LogP contribution in [0.3, 0.4) is 0 Å². The molecule has 1 heterocycles. The van der Waals surface area contributed by atoms with Crippen LogP contribution >= 0.6 is 11.6 Å². The molecule has 0 aliphatic carbocycles. The Morgan fingerprint density at radius 2 is 1.82 bits per heavy atom. The molecule has 0 aliphatic heterocycles. The highest BCUT2D eigenvalue weighted by atomic mass is 35.5. The number of nitrogens with zero attached hydrogens (tertiary/aromatic N) is 1. The molecule has 0 fully saturated rings. The van der Waals surface area contributed by atoms with E-state index in [-0.39, 0.29) is 22.2 Å². The van der Waals surface area contributed by atoms with Crippen LogP contribution in [0.2, 0.25) is 5.02 Å². The highest BCUT2D eigenvalue weighted by Crippen LogP contribution is 2.31. The molecule has 3 aromatic rings. The molecule has 0 unspecified atom stereocenters. The third-order valence-electron chi connectivity index (χ3n) is 3.57. The number of nitro benzene ring substituents is 1. The van der Waals surface area contributed by atoms with Crippen molar-refractivity contribution in [3.63, 3.8) is 0 Å². The van der Waals surface area contributed by atoms with E-state index < -0.39 is 31.4 Å². The molecule has 0 bridgehead atoms. The molecule has 144 valence electrons. The lowest BCUT2D eigenvalue weighted by Gasteiger charge is -2.13. The Hall–Kier alpha value is -3.37. The molecule has 0 saturated heterocycles. The Morgan fingerprint density at radius 1 is 1.07 bits per heavy atom. The van der Waals surface area contributed by atoms with Crippen LogP contribution in [0.1, 0.15) is 10.6 Å². The van der Waals surface area contributed by atoms with Crippen LogP contribution in [0.5, 0.6) is 0 Å². The normalized spacial score (nSPS) is 11.0. The first-order chi connectivity index (χ1) is 13.3. The lowest BCUT2D eigenvalue weighted by molar-refractivity contribution is -0.387. The number of anilines is 2. The van der Waals surface area contributed by atoms with Gasteiger partial charge in [-0.1, -0.05) is 23.7 Å². The maximum Gasteiger partial charge on any atom is 0.291 e. The predicted octanol–water partition coefficient (Wildman–Crippen LogP) is 3.89. The number of rotatable bonds is 6. The number of benzene rings is 2. The van der Waals surface area contributed by atoms with Gasteiger partial charge in [-0.05, 0) is 36.4 Å². The van der Waals surface area contributed by atoms with Gasteiger partial charge in [0.1, 0.15) is 0 Å². The number of carbonyl (C=O) groups excluding carboxylic acids is 1. The number of para-hydroxylation sites is 1. The topological polar surface area (TPSA) is 132 Å². The summed E-state index contributed by atoms with van der Waals surface area (Å²) in [6.07, 6.45) is 1.31. The first kappa shape index (κ1) is 19.4. The summed E-state index contributed by atoms with van der Waals surface area (Å²) in [7, 11) is -4.32. The predicted molar refractivity (Wildman–Crippen MR) is 102 cm³/mol. The number of sulfonamides is 1. The molecular weight excluding hydrogens is 410 g/mol. The molecular formula is C17H12ClN3O6S. The van der Waals surface area contributed by atoms with Gasteiger partial charge in [-0.25, -0.2) is 8.42 Å². The van der Waals surface area contributed by atoms with E-state index in [2.05, 4.69) is 10.0 Å². The Labute approximate surface area is 164 Å². The van der Waals surface area contributed by atoms with Gasteiger partial charge in [-0.2, -0.15) is 0 Å². The summed E-state index contributed by atoms with van der Waals surface area (Å²) in [6, 6.07) is 11.9. The number of amides is 1. The molecule has 0 saturated carbocycles. The largest absolute Gasteiger partial charge is 0.459 e. The van der Waals surface area contributed by atoms with Crippen LogP contribution in [0.25, 0.3) is 0 Å². The second-order valence-corrected chi connectivity index (χ2v) is 7.54. The summed E-state index contributed by atoms with van der Waals surface area (Å²) in [5.41, 5.74) is -0.552. The zero-order chi connectivity index (χ0) is 20.3. The molecule has 2 aromatic carbocycles. The van der Waals surface area contributed by atoms with Crippen LogP contribution in [0.4, 0.5) is 17.1 Å². The highest BCUT2D eigenvalue weighted by molar-refractivity contribution is 7.92. The highest BCUT2D eigenvalue weighted by Gasteiger charge is 2.26. The molecule has 0 radical (unpaired) electrons. The standard InChI is InChI=1S/C17H12ClN3O6S/c18-11-7-8-12(13(10-11)19-17(22)15-5-3-9-27-15)20-28(25,26)16-6-2-1-4-14(16)21(23)24/h1-10,20H,(H,19,22). The van der Waals surface area contributed by atoms with E-state index in [1.54, 1.807) is 0 Å². The summed E-state index contributed by atoms with van der Waals surface area (Å²) in [5.74, 6) is -0.620. The van der Waals surface area contributed by atoms with E-state index in [4.69, 9.17) is 16.0 Å². The van der Waals surface area contributed by atoms with E-state index >= 15 is 0 Å². The molecule has 11 heteroatoms. The molecule has 28 heavy (non-hydrogen) atoms. The average Bonchev–Trinajstić information content (AvgIpc) is 3.19. The van der Waals surface area contributed by atoms with Crippen molar-refractivity contribution in [3.05, 3.63) is 81.8 Å². The second kappa shape index (κ2) is 7.71. The van der Waals surface area contributed by atoms with Gasteiger partial charge < -0.3 is 9.73 Å². The molecule has 2 N–H and O–H groups in total. The minimum atomic E-state index is -4.32. The minimum absolute atomic E-state index is 0.00693. The number of nitrogens with one attached hydrogen (secondary N) is 2. The van der Waals surface area contributed by atoms with Gasteiger partial charge in [-0.15, -0.1) is 0 Å². The summed E-state index contributed by atoms with van der Waals surface area (Å²) < 4.78 is 32.6. The molecule has 0 atom stereocenters. The summed E-state index contributed by atoms with van der Waals surface area (Å²) >= 11 is 5.94. The monoisotopic (exact) mass is 421 g/mol. The van der Waals surface area contributed by atoms with Crippen molar-refractivity contribution in [2.75, 3.05) is 10.0 Å². The summed E-state index contributed by atoms with van der Waals surface area (Å²) in [4.78, 5) is 22.0. The van der Waals surface area contributed by atoms with E-state index in [0.29, 0.717) is 0 Å². The molecule has 9 nitrogen and oxygen atoms in total. The number of halogens is 1. The van der Waals surface area contributed by atoms with Crippen LogP contribution in [0, 0.1) is 10.1 Å². The fourth-order valence-corrected chi connectivity index (χ4v) is 3.76. The quantitative estimate of drug-likeness (QED) is 0.458. The van der Waals surface area contributed by atoms with Crippen molar-refractivity contribution in [1.82, 2.24) is 0 Å². The second-order valence-electron chi connectivity index (χ2n) is 5.45. The van der Waals surface area contributed by atoms with Crippen molar-refractivity contribution in [2.24, 2.45) is 0 Å². The smallest absolute Gasteiger partial charge is 0.291 e. The number of furan rings is 1. The lowest BCUT2D eigenvalue weighted by Crippen LogP contribution is -2.18. The Kier molecular flexibility index (Phi) is 5.34. The van der Waals surface area contributed by atoms with Gasteiger partial charge in [0, 0.05) is 11.1 Å². The fraction of sp³-hybridized carbons (Fsp3) is 0. The van der Waals surface area contributed by atoms with Gasteiger partial charge in [0.25, 0.3) is 21.6 Å². The van der Waals surface area contributed by atoms with Gasteiger partial charge in [-0.3, -0.25) is 19.6 Å². The lowest BCUT2D eigenvalue weighted by atomic mass is 10.2. The van der Waals surface area contributed by atoms with E-state index in [1.807, 2.05) is 0 Å². The Balaban J connectivity index is 1.96. The van der Waals surface area contributed by atoms with Crippen LogP contribution in [-0.4, -0.2) is 19.2 Å². The van der Waals surface area contributed by atoms with E-state index in [0.717, 1.165) is 12.1 Å². The Bertz CT molecular complexity index is 1150. The van der Waals surface area contributed by atoms with Crippen molar-refractivity contribution in [3.8, 4) is 0 Å². The molecule has 0 aliphatic rings. The summed E-state index contributed by atoms with van der Waals surface area (Å²) in [6.45, 7) is 0. The SMILES string of the molecule is O=C(Nc1cc(Cl)ccc1NS(=O)(=O)c1ccccc1[N+](=O)[O-])c1ccco1. The maximum absolute atomic E-state index is 12.7. The molecule has 0 spiro atoms. The minimum Gasteiger partial charge on any atom is -0.459 e. The number of hydrogen-bond donors (Lipinski definition) is 2. The fourth-order valence-electron chi connectivity index (χ4n) is 2.34. The summed E-state index contributed by atoms with van der Waals surface area (Å²) in [5, 5.41) is 13.9. The van der Waals surface area contributed by atoms with Crippen molar-refractivity contribution in [1.29, 1.82) is 0 Å². The third-order valence-corrected chi connectivity index (χ3v) is 5.22. The average molecular weight is 422 g/mol. The molecule has 3 rings (SSSR count). The van der Waals surface area contributed by atoms with Crippen molar-refractivity contribution < 1.29 is 22.6 Å². The zero-order valence-electron chi connectivity index (χ0n) is 14.0. The van der Waals surface area contributed by atoms with Gasteiger partial charge in [0.2, 0.25) is 0 Å². The van der Waals surface area contributed by atoms with Gasteiger partial charge in [0.15, 0.2) is 10.7 Å². The first-order valence-corrected chi connectivity index (χ1v) is 9.55. The Morgan fingerprint density at radius 3 is 2.50 bits per heavy atom. The number of hydrogen-bond acceptors (Lipinski definition) is 6. The van der Waals surface area contributed by atoms with Crippen LogP contribution < -0.4 is 10.0 Å². The third kappa shape index (κ3) is 4.13. The van der Waals surface area contributed by atoms with Crippen molar-refractivity contribution in [2.45, 2.75) is 4.90 Å². The van der Waals surface area contributed by atoms with Gasteiger partial charge >= 0.3 is 0 Å². The van der Waals surface area contributed by atoms with Gasteiger partial charge in [0.05, 0.1) is 22.6 Å². The molecule has 1 amide bonds. The first-order valence-electron chi connectivity index (χ1n) is 7.68. The van der Waals surface area contributed by atoms with E-state index in [1.165, 1.54) is 48.7 Å². The molecule has 1 aromatic heterocycles. The van der Waals surface area contributed by atoms with Crippen LogP contribution in [-0.2, 0) is 10.0 Å². The maximum atomic E-state index is 12.7.